The molecule has 1 heterocycles. The van der Waals surface area contributed by atoms with Crippen LogP contribution in [-0.4, -0.2) is 16.9 Å². The number of hydrogen-bond donors (Lipinski definition) is 1. The van der Waals surface area contributed by atoms with E-state index in [4.69, 9.17) is 10.5 Å². The Bertz CT molecular complexity index is 703. The van der Waals surface area contributed by atoms with Gasteiger partial charge in [-0.25, -0.2) is 4.68 Å². The van der Waals surface area contributed by atoms with Gasteiger partial charge in [0.05, 0.1) is 19.0 Å². The molecule has 0 atom stereocenters. The highest BCUT2D eigenvalue weighted by Crippen LogP contribution is 2.27. The van der Waals surface area contributed by atoms with Crippen LogP contribution in [0.3, 0.4) is 0 Å². The second-order valence-electron chi connectivity index (χ2n) is 4.05. The third kappa shape index (κ3) is 1.59. The van der Waals surface area contributed by atoms with Crippen molar-refractivity contribution in [1.82, 2.24) is 9.78 Å². The molecule has 3 aromatic rings. The molecule has 0 spiro atoms. The van der Waals surface area contributed by atoms with Gasteiger partial charge in [0.25, 0.3) is 0 Å². The van der Waals surface area contributed by atoms with Gasteiger partial charge in [0.2, 0.25) is 0 Å². The molecule has 18 heavy (non-hydrogen) atoms. The van der Waals surface area contributed by atoms with Gasteiger partial charge in [-0.1, -0.05) is 18.2 Å². The molecule has 4 nitrogen and oxygen atoms in total. The van der Waals surface area contributed by atoms with Crippen LogP contribution in [0.4, 0.5) is 5.69 Å². The predicted molar refractivity (Wildman–Crippen MR) is 72.0 cm³/mol. The molecule has 0 saturated heterocycles. The van der Waals surface area contributed by atoms with Crippen molar-refractivity contribution in [3.05, 3.63) is 48.7 Å². The van der Waals surface area contributed by atoms with Crippen LogP contribution in [0.25, 0.3) is 16.6 Å². The van der Waals surface area contributed by atoms with Crippen molar-refractivity contribution < 1.29 is 4.74 Å². The average molecular weight is 239 g/mol. The molecule has 0 bridgehead atoms. The smallest absolute Gasteiger partial charge is 0.145 e. The van der Waals surface area contributed by atoms with Gasteiger partial charge < -0.3 is 10.5 Å². The van der Waals surface area contributed by atoms with Crippen LogP contribution in [0.15, 0.2) is 48.7 Å². The minimum absolute atomic E-state index is 0.714. The Morgan fingerprint density at radius 1 is 1.17 bits per heavy atom. The molecule has 0 unspecified atom stereocenters. The molecular weight excluding hydrogens is 226 g/mol. The van der Waals surface area contributed by atoms with Gasteiger partial charge in [-0.3, -0.25) is 0 Å². The van der Waals surface area contributed by atoms with Crippen LogP contribution in [0.1, 0.15) is 0 Å². The number of methoxy groups -OCH3 is 1. The first kappa shape index (κ1) is 10.7. The van der Waals surface area contributed by atoms with Crippen LogP contribution >= 0.6 is 0 Å². The number of nitrogen functional groups attached to an aromatic ring is 1. The van der Waals surface area contributed by atoms with Crippen LogP contribution in [0, 0.1) is 0 Å². The maximum absolute atomic E-state index is 5.81. The van der Waals surface area contributed by atoms with Gasteiger partial charge in [0.1, 0.15) is 11.3 Å². The second kappa shape index (κ2) is 4.07. The lowest BCUT2D eigenvalue weighted by Gasteiger charge is -2.07. The van der Waals surface area contributed by atoms with E-state index >= 15 is 0 Å². The molecule has 2 aromatic carbocycles. The van der Waals surface area contributed by atoms with E-state index in [-0.39, 0.29) is 0 Å². The van der Waals surface area contributed by atoms with Crippen molar-refractivity contribution in [3.63, 3.8) is 0 Å². The lowest BCUT2D eigenvalue weighted by Crippen LogP contribution is -1.98. The maximum atomic E-state index is 5.81. The Morgan fingerprint density at radius 2 is 2.00 bits per heavy atom. The molecule has 0 aliphatic heterocycles. The number of aromatic nitrogens is 2. The molecular formula is C14H13N3O. The summed E-state index contributed by atoms with van der Waals surface area (Å²) in [4.78, 5) is 0. The Balaban J connectivity index is 2.30. The van der Waals surface area contributed by atoms with Gasteiger partial charge in [0, 0.05) is 11.1 Å². The summed E-state index contributed by atoms with van der Waals surface area (Å²) in [5.41, 5.74) is 8.40. The number of rotatable bonds is 2. The van der Waals surface area contributed by atoms with Crippen molar-refractivity contribution in [3.8, 4) is 11.4 Å². The normalized spacial score (nSPS) is 10.7. The van der Waals surface area contributed by atoms with Crippen molar-refractivity contribution in [2.45, 2.75) is 0 Å². The number of para-hydroxylation sites is 1. The second-order valence-corrected chi connectivity index (χ2v) is 4.05. The SMILES string of the molecule is COc1cccc2cnn(-c3cccc(N)c3)c12. The van der Waals surface area contributed by atoms with Crippen molar-refractivity contribution in [2.24, 2.45) is 0 Å². The zero-order chi connectivity index (χ0) is 12.5. The third-order valence-corrected chi connectivity index (χ3v) is 2.89. The standard InChI is InChI=1S/C14H13N3O/c1-18-13-7-2-4-10-9-16-17(14(10)13)12-6-3-5-11(15)8-12/h2-9H,15H2,1H3. The average Bonchev–Trinajstić information content (AvgIpc) is 2.82. The number of hydrogen-bond acceptors (Lipinski definition) is 3. The lowest BCUT2D eigenvalue weighted by atomic mass is 10.2. The van der Waals surface area contributed by atoms with E-state index in [2.05, 4.69) is 5.10 Å². The predicted octanol–water partition coefficient (Wildman–Crippen LogP) is 2.62. The van der Waals surface area contributed by atoms with Crippen molar-refractivity contribution in [1.29, 1.82) is 0 Å². The number of fused-ring (bicyclic) bond motifs is 1. The van der Waals surface area contributed by atoms with E-state index in [0.29, 0.717) is 5.69 Å². The highest BCUT2D eigenvalue weighted by molar-refractivity contribution is 5.86. The monoisotopic (exact) mass is 239 g/mol. The number of benzene rings is 2. The van der Waals surface area contributed by atoms with Crippen LogP contribution in [-0.2, 0) is 0 Å². The third-order valence-electron chi connectivity index (χ3n) is 2.89. The molecule has 4 heteroatoms. The van der Waals surface area contributed by atoms with E-state index in [1.54, 1.807) is 7.11 Å². The fourth-order valence-electron chi connectivity index (χ4n) is 2.06. The zero-order valence-corrected chi connectivity index (χ0v) is 10.00. The number of nitrogens with two attached hydrogens (primary N) is 1. The topological polar surface area (TPSA) is 53.1 Å². The molecule has 0 saturated carbocycles. The summed E-state index contributed by atoms with van der Waals surface area (Å²) < 4.78 is 7.22. The lowest BCUT2D eigenvalue weighted by molar-refractivity contribution is 0.418. The van der Waals surface area contributed by atoms with Gasteiger partial charge in [-0.15, -0.1) is 0 Å². The van der Waals surface area contributed by atoms with E-state index in [0.717, 1.165) is 22.3 Å². The van der Waals surface area contributed by atoms with Crippen LogP contribution in [0.2, 0.25) is 0 Å². The molecule has 0 aliphatic carbocycles. The van der Waals surface area contributed by atoms with Gasteiger partial charge >= 0.3 is 0 Å². The zero-order valence-electron chi connectivity index (χ0n) is 10.00. The summed E-state index contributed by atoms with van der Waals surface area (Å²) in [7, 11) is 1.66. The highest BCUT2D eigenvalue weighted by Gasteiger charge is 2.09. The highest BCUT2D eigenvalue weighted by atomic mass is 16.5. The summed E-state index contributed by atoms with van der Waals surface area (Å²) in [5, 5.41) is 5.44. The van der Waals surface area contributed by atoms with Gasteiger partial charge in [0.15, 0.2) is 0 Å². The summed E-state index contributed by atoms with van der Waals surface area (Å²) in [5.74, 6) is 0.799. The van der Waals surface area contributed by atoms with Gasteiger partial charge in [-0.2, -0.15) is 5.10 Å². The fourth-order valence-corrected chi connectivity index (χ4v) is 2.06. The molecule has 1 aromatic heterocycles. The summed E-state index contributed by atoms with van der Waals surface area (Å²) >= 11 is 0. The van der Waals surface area contributed by atoms with Crippen LogP contribution < -0.4 is 10.5 Å². The largest absolute Gasteiger partial charge is 0.494 e. The molecule has 3 rings (SSSR count). The molecule has 0 aliphatic rings. The summed E-state index contributed by atoms with van der Waals surface area (Å²) in [6.07, 6.45) is 1.82. The molecule has 0 fully saturated rings. The van der Waals surface area contributed by atoms with Crippen molar-refractivity contribution >= 4 is 16.6 Å². The Labute approximate surface area is 105 Å². The molecule has 0 radical (unpaired) electrons. The van der Waals surface area contributed by atoms with Crippen LogP contribution in [0.5, 0.6) is 5.75 Å². The van der Waals surface area contributed by atoms with Gasteiger partial charge in [-0.05, 0) is 24.3 Å². The summed E-state index contributed by atoms with van der Waals surface area (Å²) in [6.45, 7) is 0. The first-order valence-corrected chi connectivity index (χ1v) is 5.66. The summed E-state index contributed by atoms with van der Waals surface area (Å²) in [6, 6.07) is 13.5. The van der Waals surface area contributed by atoms with E-state index in [9.17, 15) is 0 Å². The van der Waals surface area contributed by atoms with E-state index in [1.807, 2.05) is 53.3 Å². The molecule has 2 N–H and O–H groups in total. The molecule has 0 amide bonds. The first-order valence-electron chi connectivity index (χ1n) is 5.66. The van der Waals surface area contributed by atoms with Crippen molar-refractivity contribution in [2.75, 3.05) is 12.8 Å². The number of nitrogens with zero attached hydrogens (tertiary/aromatic N) is 2. The first-order chi connectivity index (χ1) is 8.79. The Hall–Kier alpha value is -2.49. The van der Waals surface area contributed by atoms with E-state index in [1.165, 1.54) is 0 Å². The minimum atomic E-state index is 0.714. The fraction of sp³-hybridized carbons (Fsp3) is 0.0714. The molecule has 90 valence electrons. The number of anilines is 1. The number of ether oxygens (including phenoxy) is 1. The quantitative estimate of drug-likeness (QED) is 0.699. The Morgan fingerprint density at radius 3 is 2.78 bits per heavy atom. The minimum Gasteiger partial charge on any atom is -0.494 e. The van der Waals surface area contributed by atoms with E-state index < -0.39 is 0 Å². The Kier molecular flexibility index (Phi) is 2.41. The maximum Gasteiger partial charge on any atom is 0.145 e.